The lowest BCUT2D eigenvalue weighted by atomic mass is 9.96. The molecule has 0 amide bonds. The Morgan fingerprint density at radius 2 is 1.61 bits per heavy atom. The molecule has 3 aromatic carbocycles. The average Bonchev–Trinajstić information content (AvgIpc) is 3.34. The minimum absolute atomic E-state index is 0.0880. The van der Waals surface area contributed by atoms with Crippen molar-refractivity contribution in [2.45, 2.75) is 19.3 Å². The maximum atomic E-state index is 10.2. The molecule has 1 fully saturated rings. The molecule has 0 unspecified atom stereocenters. The largest absolute Gasteiger partial charge is 0.507 e. The first-order valence-corrected chi connectivity index (χ1v) is 8.04. The highest BCUT2D eigenvalue weighted by Crippen LogP contribution is 2.48. The standard InChI is InChI=1S/C22H18O/c23-21-11-10-18-8-4-5-9-19(18)20(21)12-13-22(14-15-22)16-17-6-2-1-3-7-17/h1-11,23H,14-16H2. The molecule has 1 nitrogen and oxygen atoms in total. The summed E-state index contributed by atoms with van der Waals surface area (Å²) >= 11 is 0. The number of hydrogen-bond donors (Lipinski definition) is 1. The molecule has 0 saturated heterocycles. The van der Waals surface area contributed by atoms with E-state index in [4.69, 9.17) is 0 Å². The van der Waals surface area contributed by atoms with Gasteiger partial charge in [-0.1, -0.05) is 72.5 Å². The van der Waals surface area contributed by atoms with Crippen molar-refractivity contribution in [3.8, 4) is 17.6 Å². The van der Waals surface area contributed by atoms with Gasteiger partial charge in [-0.25, -0.2) is 0 Å². The molecule has 0 spiro atoms. The Hall–Kier alpha value is -2.72. The van der Waals surface area contributed by atoms with Crippen molar-refractivity contribution in [2.24, 2.45) is 5.41 Å². The zero-order chi connectivity index (χ0) is 15.7. The van der Waals surface area contributed by atoms with E-state index in [2.05, 4.69) is 42.2 Å². The van der Waals surface area contributed by atoms with Gasteiger partial charge in [0, 0.05) is 10.8 Å². The van der Waals surface area contributed by atoms with Gasteiger partial charge >= 0.3 is 0 Å². The van der Waals surface area contributed by atoms with E-state index in [1.165, 1.54) is 5.56 Å². The van der Waals surface area contributed by atoms with Gasteiger partial charge in [0.25, 0.3) is 0 Å². The highest BCUT2D eigenvalue weighted by atomic mass is 16.3. The molecule has 0 heterocycles. The van der Waals surface area contributed by atoms with Gasteiger partial charge in [-0.2, -0.15) is 0 Å². The zero-order valence-corrected chi connectivity index (χ0v) is 12.9. The molecular formula is C22H18O. The molecule has 0 aromatic heterocycles. The lowest BCUT2D eigenvalue weighted by molar-refractivity contribution is 0.474. The van der Waals surface area contributed by atoms with Crippen LogP contribution in [-0.2, 0) is 6.42 Å². The normalized spacial score (nSPS) is 15.0. The summed E-state index contributed by atoms with van der Waals surface area (Å²) in [5.74, 6) is 7.01. The fourth-order valence-corrected chi connectivity index (χ4v) is 3.07. The van der Waals surface area contributed by atoms with Crippen molar-refractivity contribution in [1.29, 1.82) is 0 Å². The molecule has 1 aliphatic carbocycles. The van der Waals surface area contributed by atoms with Crippen LogP contribution in [0.2, 0.25) is 0 Å². The van der Waals surface area contributed by atoms with Gasteiger partial charge in [-0.05, 0) is 36.3 Å². The summed E-state index contributed by atoms with van der Waals surface area (Å²) in [5.41, 5.74) is 2.17. The Morgan fingerprint density at radius 3 is 2.39 bits per heavy atom. The van der Waals surface area contributed by atoms with E-state index in [0.717, 1.165) is 35.6 Å². The van der Waals surface area contributed by atoms with Crippen LogP contribution in [0, 0.1) is 17.3 Å². The summed E-state index contributed by atoms with van der Waals surface area (Å²) in [6.45, 7) is 0. The van der Waals surface area contributed by atoms with Crippen LogP contribution in [-0.4, -0.2) is 5.11 Å². The van der Waals surface area contributed by atoms with Crippen molar-refractivity contribution in [3.05, 3.63) is 77.9 Å². The molecule has 3 aromatic rings. The fourth-order valence-electron chi connectivity index (χ4n) is 3.07. The lowest BCUT2D eigenvalue weighted by Gasteiger charge is -2.08. The van der Waals surface area contributed by atoms with Crippen LogP contribution in [0.3, 0.4) is 0 Å². The van der Waals surface area contributed by atoms with Gasteiger partial charge in [-0.15, -0.1) is 0 Å². The van der Waals surface area contributed by atoms with Crippen LogP contribution >= 0.6 is 0 Å². The van der Waals surface area contributed by atoms with Gasteiger partial charge in [0.05, 0.1) is 5.56 Å². The average molecular weight is 298 g/mol. The topological polar surface area (TPSA) is 20.2 Å². The van der Waals surface area contributed by atoms with Gasteiger partial charge in [-0.3, -0.25) is 0 Å². The van der Waals surface area contributed by atoms with Crippen LogP contribution in [0.15, 0.2) is 66.7 Å². The van der Waals surface area contributed by atoms with Gasteiger partial charge < -0.3 is 5.11 Å². The minimum atomic E-state index is 0.0880. The number of rotatable bonds is 2. The molecule has 1 saturated carbocycles. The van der Waals surface area contributed by atoms with Crippen LogP contribution < -0.4 is 0 Å². The van der Waals surface area contributed by atoms with Crippen molar-refractivity contribution in [1.82, 2.24) is 0 Å². The van der Waals surface area contributed by atoms with Crippen molar-refractivity contribution in [2.75, 3.05) is 0 Å². The van der Waals surface area contributed by atoms with Crippen molar-refractivity contribution in [3.63, 3.8) is 0 Å². The number of benzene rings is 3. The summed E-state index contributed by atoms with van der Waals surface area (Å²) in [5, 5.41) is 12.4. The van der Waals surface area contributed by atoms with Crippen LogP contribution in [0.5, 0.6) is 5.75 Å². The molecule has 1 heteroatoms. The third kappa shape index (κ3) is 2.81. The highest BCUT2D eigenvalue weighted by Gasteiger charge is 2.40. The SMILES string of the molecule is Oc1ccc2ccccc2c1C#CC1(Cc2ccccc2)CC1. The molecule has 23 heavy (non-hydrogen) atoms. The summed E-state index contributed by atoms with van der Waals surface area (Å²) in [4.78, 5) is 0. The maximum absolute atomic E-state index is 10.2. The molecule has 4 rings (SSSR count). The van der Waals surface area contributed by atoms with E-state index < -0.39 is 0 Å². The van der Waals surface area contributed by atoms with E-state index >= 15 is 0 Å². The summed E-state index contributed by atoms with van der Waals surface area (Å²) < 4.78 is 0. The highest BCUT2D eigenvalue weighted by molar-refractivity contribution is 5.90. The van der Waals surface area contributed by atoms with Crippen LogP contribution in [0.1, 0.15) is 24.0 Å². The van der Waals surface area contributed by atoms with Gasteiger partial charge in [0.1, 0.15) is 5.75 Å². The van der Waals surface area contributed by atoms with Crippen LogP contribution in [0.4, 0.5) is 0 Å². The fraction of sp³-hybridized carbons (Fsp3) is 0.182. The molecule has 112 valence electrons. The second kappa shape index (κ2) is 5.48. The quantitative estimate of drug-likeness (QED) is 0.666. The predicted octanol–water partition coefficient (Wildman–Crippen LogP) is 4.92. The van der Waals surface area contributed by atoms with E-state index in [-0.39, 0.29) is 11.2 Å². The Labute approximate surface area is 136 Å². The molecule has 0 aliphatic heterocycles. The number of phenols is 1. The third-order valence-corrected chi connectivity index (χ3v) is 4.60. The smallest absolute Gasteiger partial charge is 0.131 e. The molecular weight excluding hydrogens is 280 g/mol. The second-order valence-corrected chi connectivity index (χ2v) is 6.37. The van der Waals surface area contributed by atoms with E-state index in [1.807, 2.05) is 30.3 Å². The predicted molar refractivity (Wildman–Crippen MR) is 94.3 cm³/mol. The first-order chi connectivity index (χ1) is 11.3. The molecule has 0 atom stereocenters. The molecule has 0 radical (unpaired) electrons. The number of aromatic hydroxyl groups is 1. The molecule has 1 aliphatic rings. The van der Waals surface area contributed by atoms with E-state index in [9.17, 15) is 5.11 Å². The second-order valence-electron chi connectivity index (χ2n) is 6.37. The maximum Gasteiger partial charge on any atom is 0.131 e. The lowest BCUT2D eigenvalue weighted by Crippen LogP contribution is -2.01. The number of phenolic OH excluding ortho intramolecular Hbond substituents is 1. The van der Waals surface area contributed by atoms with Crippen molar-refractivity contribution < 1.29 is 5.11 Å². The van der Waals surface area contributed by atoms with E-state index in [1.54, 1.807) is 6.07 Å². The number of fused-ring (bicyclic) bond motifs is 1. The zero-order valence-electron chi connectivity index (χ0n) is 12.9. The monoisotopic (exact) mass is 298 g/mol. The van der Waals surface area contributed by atoms with Crippen molar-refractivity contribution >= 4 is 10.8 Å². The molecule has 1 N–H and O–H groups in total. The third-order valence-electron chi connectivity index (χ3n) is 4.60. The Morgan fingerprint density at radius 1 is 0.870 bits per heavy atom. The van der Waals surface area contributed by atoms with Gasteiger partial charge in [0.2, 0.25) is 0 Å². The van der Waals surface area contributed by atoms with Crippen LogP contribution in [0.25, 0.3) is 10.8 Å². The molecule has 0 bridgehead atoms. The summed E-state index contributed by atoms with van der Waals surface area (Å²) in [7, 11) is 0. The first-order valence-electron chi connectivity index (χ1n) is 8.04. The minimum Gasteiger partial charge on any atom is -0.507 e. The van der Waals surface area contributed by atoms with E-state index in [0.29, 0.717) is 0 Å². The Balaban J connectivity index is 1.69. The summed E-state index contributed by atoms with van der Waals surface area (Å²) in [6.07, 6.45) is 3.27. The summed E-state index contributed by atoms with van der Waals surface area (Å²) in [6, 6.07) is 22.3. The Bertz CT molecular complexity index is 909. The Kier molecular flexibility index (Phi) is 3.32. The van der Waals surface area contributed by atoms with Gasteiger partial charge in [0.15, 0.2) is 0 Å². The first kappa shape index (κ1) is 13.9. The number of hydrogen-bond acceptors (Lipinski definition) is 1.